The van der Waals surface area contributed by atoms with Crippen LogP contribution in [0.3, 0.4) is 0 Å². The Morgan fingerprint density at radius 2 is 1.95 bits per heavy atom. The fourth-order valence-electron chi connectivity index (χ4n) is 3.84. The molecule has 0 bridgehead atoms. The quantitative estimate of drug-likeness (QED) is 0.802. The van der Waals surface area contributed by atoms with Crippen molar-refractivity contribution in [3.8, 4) is 0 Å². The van der Waals surface area contributed by atoms with Crippen LogP contribution in [0.5, 0.6) is 0 Å². The Morgan fingerprint density at radius 1 is 1.30 bits per heavy atom. The van der Waals surface area contributed by atoms with Crippen molar-refractivity contribution >= 4 is 11.8 Å². The van der Waals surface area contributed by atoms with Crippen LogP contribution in [-0.2, 0) is 9.59 Å². The van der Waals surface area contributed by atoms with Crippen LogP contribution < -0.4 is 5.32 Å². The largest absolute Gasteiger partial charge is 0.340 e. The number of carbonyl (C=O) groups is 2. The summed E-state index contributed by atoms with van der Waals surface area (Å²) in [4.78, 5) is 27.6. The lowest BCUT2D eigenvalue weighted by molar-refractivity contribution is -0.162. The number of nitrogens with one attached hydrogen (secondary N) is 1. The molecule has 1 heterocycles. The predicted molar refractivity (Wildman–Crippen MR) is 77.0 cm³/mol. The van der Waals surface area contributed by atoms with E-state index >= 15 is 0 Å². The number of piperazine rings is 1. The van der Waals surface area contributed by atoms with Crippen LogP contribution in [0, 0.1) is 5.92 Å². The maximum atomic E-state index is 13.0. The second-order valence-corrected chi connectivity index (χ2v) is 6.65. The highest BCUT2D eigenvalue weighted by Crippen LogP contribution is 2.47. The van der Waals surface area contributed by atoms with Gasteiger partial charge in [-0.3, -0.25) is 9.59 Å². The zero-order chi connectivity index (χ0) is 14.4. The van der Waals surface area contributed by atoms with Crippen LogP contribution in [0.2, 0.25) is 0 Å². The van der Waals surface area contributed by atoms with Gasteiger partial charge in [-0.05, 0) is 45.4 Å². The maximum Gasteiger partial charge on any atom is 0.249 e. The second-order valence-electron chi connectivity index (χ2n) is 6.65. The van der Waals surface area contributed by atoms with Crippen LogP contribution in [-0.4, -0.2) is 34.3 Å². The van der Waals surface area contributed by atoms with Gasteiger partial charge in [0.05, 0.1) is 0 Å². The van der Waals surface area contributed by atoms with Crippen molar-refractivity contribution in [3.63, 3.8) is 0 Å². The van der Waals surface area contributed by atoms with E-state index in [1.165, 1.54) is 0 Å². The molecule has 2 amide bonds. The molecule has 1 saturated heterocycles. The fraction of sp³-hybridized carbons (Fsp3) is 0.750. The van der Waals surface area contributed by atoms with Crippen LogP contribution in [0.4, 0.5) is 0 Å². The van der Waals surface area contributed by atoms with Gasteiger partial charge in [-0.15, -0.1) is 0 Å². The van der Waals surface area contributed by atoms with Crippen LogP contribution in [0.15, 0.2) is 12.2 Å². The molecule has 1 aliphatic heterocycles. The topological polar surface area (TPSA) is 49.4 Å². The minimum Gasteiger partial charge on any atom is -0.340 e. The number of rotatable bonds is 3. The van der Waals surface area contributed by atoms with Gasteiger partial charge in [-0.2, -0.15) is 0 Å². The maximum absolute atomic E-state index is 13.0. The summed E-state index contributed by atoms with van der Waals surface area (Å²) in [7, 11) is 0. The molecule has 4 heteroatoms. The molecular weight excluding hydrogens is 252 g/mol. The molecule has 1 spiro atoms. The molecule has 0 aromatic carbocycles. The Bertz CT molecular complexity index is 461. The number of hydrogen-bond donors (Lipinski definition) is 1. The Hall–Kier alpha value is -1.32. The van der Waals surface area contributed by atoms with Gasteiger partial charge in [0.25, 0.3) is 0 Å². The molecule has 3 aliphatic rings. The van der Waals surface area contributed by atoms with E-state index in [1.807, 2.05) is 30.9 Å². The molecule has 110 valence electrons. The minimum absolute atomic E-state index is 0.0611. The first kappa shape index (κ1) is 13.7. The van der Waals surface area contributed by atoms with E-state index in [4.69, 9.17) is 0 Å². The fourth-order valence-corrected chi connectivity index (χ4v) is 3.84. The third kappa shape index (κ3) is 1.80. The van der Waals surface area contributed by atoms with Crippen molar-refractivity contribution < 1.29 is 9.59 Å². The Labute approximate surface area is 120 Å². The van der Waals surface area contributed by atoms with Crippen LogP contribution >= 0.6 is 0 Å². The van der Waals surface area contributed by atoms with Gasteiger partial charge in [0.15, 0.2) is 0 Å². The van der Waals surface area contributed by atoms with Crippen molar-refractivity contribution in [2.24, 2.45) is 5.92 Å². The summed E-state index contributed by atoms with van der Waals surface area (Å²) < 4.78 is 0. The van der Waals surface area contributed by atoms with E-state index in [0.29, 0.717) is 12.5 Å². The predicted octanol–water partition coefficient (Wildman–Crippen LogP) is 2.00. The smallest absolute Gasteiger partial charge is 0.249 e. The molecule has 1 atom stereocenters. The molecular formula is C16H24N2O2. The summed E-state index contributed by atoms with van der Waals surface area (Å²) in [5.41, 5.74) is -1.25. The van der Waals surface area contributed by atoms with Gasteiger partial charge in [0, 0.05) is 6.54 Å². The third-order valence-electron chi connectivity index (χ3n) is 5.38. The molecule has 4 nitrogen and oxygen atoms in total. The molecule has 1 N–H and O–H groups in total. The Morgan fingerprint density at radius 3 is 2.50 bits per heavy atom. The lowest BCUT2D eigenvalue weighted by Crippen LogP contribution is -2.75. The van der Waals surface area contributed by atoms with Gasteiger partial charge in [-0.25, -0.2) is 0 Å². The average molecular weight is 276 g/mol. The van der Waals surface area contributed by atoms with E-state index < -0.39 is 11.1 Å². The summed E-state index contributed by atoms with van der Waals surface area (Å²) in [5.74, 6) is 0.531. The third-order valence-corrected chi connectivity index (χ3v) is 5.38. The molecule has 3 fully saturated rings. The molecule has 0 radical (unpaired) electrons. The first-order chi connectivity index (χ1) is 9.54. The lowest BCUT2D eigenvalue weighted by Gasteiger charge is -2.50. The van der Waals surface area contributed by atoms with Gasteiger partial charge in [0.2, 0.25) is 11.8 Å². The van der Waals surface area contributed by atoms with Crippen LogP contribution in [0.25, 0.3) is 0 Å². The number of hydrogen-bond acceptors (Lipinski definition) is 2. The van der Waals surface area contributed by atoms with E-state index in [0.717, 1.165) is 38.5 Å². The van der Waals surface area contributed by atoms with E-state index in [9.17, 15) is 9.59 Å². The lowest BCUT2D eigenvalue weighted by atomic mass is 9.82. The molecule has 2 saturated carbocycles. The minimum atomic E-state index is -0.648. The van der Waals surface area contributed by atoms with E-state index in [-0.39, 0.29) is 11.8 Å². The summed E-state index contributed by atoms with van der Waals surface area (Å²) >= 11 is 0. The molecule has 0 aromatic heterocycles. The summed E-state index contributed by atoms with van der Waals surface area (Å²) in [6, 6.07) is 0. The number of allylic oxidation sites excluding steroid dienone is 1. The van der Waals surface area contributed by atoms with Crippen molar-refractivity contribution in [1.29, 1.82) is 0 Å². The average Bonchev–Trinajstić information content (AvgIpc) is 3.18. The van der Waals surface area contributed by atoms with E-state index in [1.54, 1.807) is 0 Å². The van der Waals surface area contributed by atoms with Crippen molar-refractivity contribution in [2.75, 3.05) is 6.54 Å². The zero-order valence-electron chi connectivity index (χ0n) is 12.4. The first-order valence-electron chi connectivity index (χ1n) is 7.80. The molecule has 20 heavy (non-hydrogen) atoms. The van der Waals surface area contributed by atoms with Crippen molar-refractivity contribution in [1.82, 2.24) is 10.2 Å². The number of amides is 2. The van der Waals surface area contributed by atoms with E-state index in [2.05, 4.69) is 5.32 Å². The number of nitrogens with zero attached hydrogens (tertiary/aromatic N) is 1. The standard InChI is InChI=1S/C16H24N2O2/c1-3-4-11-18-14(20)16(9-5-6-10-16)17-13(19)15(18,2)12-7-8-12/h3-4,12H,5-11H2,1-2H3,(H,17,19)/b4-3+. The molecule has 3 rings (SSSR count). The Kier molecular flexibility index (Phi) is 3.14. The molecule has 0 aromatic rings. The van der Waals surface area contributed by atoms with Gasteiger partial charge in [-0.1, -0.05) is 25.0 Å². The van der Waals surface area contributed by atoms with Crippen LogP contribution in [0.1, 0.15) is 52.4 Å². The summed E-state index contributed by atoms with van der Waals surface area (Å²) in [5, 5.41) is 3.11. The SMILES string of the molecule is C/C=C/CN1C(=O)C2(CCCC2)NC(=O)C1(C)C1CC1. The highest BCUT2D eigenvalue weighted by Gasteiger charge is 2.61. The monoisotopic (exact) mass is 276 g/mol. The zero-order valence-corrected chi connectivity index (χ0v) is 12.4. The van der Waals surface area contributed by atoms with Crippen molar-refractivity contribution in [2.45, 2.75) is 63.5 Å². The normalized spacial score (nSPS) is 33.2. The van der Waals surface area contributed by atoms with Gasteiger partial charge in [0.1, 0.15) is 11.1 Å². The highest BCUT2D eigenvalue weighted by atomic mass is 16.2. The van der Waals surface area contributed by atoms with Gasteiger partial charge >= 0.3 is 0 Å². The van der Waals surface area contributed by atoms with Crippen molar-refractivity contribution in [3.05, 3.63) is 12.2 Å². The van der Waals surface area contributed by atoms with Gasteiger partial charge < -0.3 is 10.2 Å². The Balaban J connectivity index is 1.96. The summed E-state index contributed by atoms with van der Waals surface area (Å²) in [6.07, 6.45) is 9.70. The molecule has 2 aliphatic carbocycles. The molecule has 1 unspecified atom stereocenters. The highest BCUT2D eigenvalue weighted by molar-refractivity contribution is 6.02. The second kappa shape index (κ2) is 4.61. The number of carbonyl (C=O) groups excluding carboxylic acids is 2. The first-order valence-corrected chi connectivity index (χ1v) is 7.80. The summed E-state index contributed by atoms with van der Waals surface area (Å²) in [6.45, 7) is 4.45.